The van der Waals surface area contributed by atoms with Crippen LogP contribution in [0.3, 0.4) is 0 Å². The molecule has 1 fully saturated rings. The Morgan fingerprint density at radius 2 is 1.76 bits per heavy atom. The Labute approximate surface area is 125 Å². The van der Waals surface area contributed by atoms with Crippen LogP contribution in [0.25, 0.3) is 0 Å². The lowest BCUT2D eigenvalue weighted by atomic mass is 10.1. The summed E-state index contributed by atoms with van der Waals surface area (Å²) in [5.74, 6) is -0.555. The fourth-order valence-corrected chi connectivity index (χ4v) is 2.46. The smallest absolute Gasteiger partial charge is 0.228 e. The highest BCUT2D eigenvalue weighted by molar-refractivity contribution is 5.99. The number of carbonyl (C=O) groups excluding carboxylic acids is 2. The minimum Gasteiger partial charge on any atom is -0.383 e. The fourth-order valence-electron chi connectivity index (χ4n) is 2.46. The first kappa shape index (κ1) is 15.5. The number of amides is 2. The molecular weight excluding hydrogens is 268 g/mol. The molecule has 1 aliphatic rings. The van der Waals surface area contributed by atoms with E-state index in [0.717, 1.165) is 16.8 Å². The van der Waals surface area contributed by atoms with Gasteiger partial charge in [-0.05, 0) is 43.5 Å². The number of methoxy groups -OCH3 is 1. The topological polar surface area (TPSA) is 67.4 Å². The molecule has 2 rings (SSSR count). The van der Waals surface area contributed by atoms with E-state index in [1.165, 1.54) is 0 Å². The molecule has 21 heavy (non-hydrogen) atoms. The number of rotatable bonds is 6. The third-order valence-corrected chi connectivity index (χ3v) is 3.56. The molecule has 0 spiro atoms. The van der Waals surface area contributed by atoms with E-state index in [1.54, 1.807) is 7.11 Å². The maximum Gasteiger partial charge on any atom is 0.228 e. The summed E-state index contributed by atoms with van der Waals surface area (Å²) in [5, 5.41) is 5.66. The molecule has 0 heterocycles. The van der Waals surface area contributed by atoms with Crippen molar-refractivity contribution >= 4 is 17.5 Å². The Balaban J connectivity index is 1.84. The zero-order valence-electron chi connectivity index (χ0n) is 12.7. The summed E-state index contributed by atoms with van der Waals surface area (Å²) in [6.45, 7) is 4.95. The number of aryl methyl sites for hydroxylation is 2. The van der Waals surface area contributed by atoms with Crippen LogP contribution in [0, 0.1) is 25.7 Å². The van der Waals surface area contributed by atoms with Gasteiger partial charge in [0.25, 0.3) is 0 Å². The molecule has 1 aromatic carbocycles. The molecule has 2 unspecified atom stereocenters. The minimum atomic E-state index is -0.214. The second kappa shape index (κ2) is 6.72. The van der Waals surface area contributed by atoms with Crippen molar-refractivity contribution in [1.29, 1.82) is 0 Å². The first-order valence-electron chi connectivity index (χ1n) is 7.17. The van der Waals surface area contributed by atoms with E-state index >= 15 is 0 Å². The molecule has 1 saturated carbocycles. The number of anilines is 1. The Morgan fingerprint density at radius 1 is 1.14 bits per heavy atom. The Kier molecular flexibility index (Phi) is 4.96. The van der Waals surface area contributed by atoms with E-state index in [1.807, 2.05) is 26.0 Å². The zero-order chi connectivity index (χ0) is 15.4. The average molecular weight is 290 g/mol. The summed E-state index contributed by atoms with van der Waals surface area (Å²) in [7, 11) is 1.59. The van der Waals surface area contributed by atoms with Crippen LogP contribution in [-0.2, 0) is 14.3 Å². The van der Waals surface area contributed by atoms with E-state index in [-0.39, 0.29) is 23.7 Å². The van der Waals surface area contributed by atoms with Gasteiger partial charge in [-0.3, -0.25) is 9.59 Å². The quantitative estimate of drug-likeness (QED) is 0.783. The molecule has 0 radical (unpaired) electrons. The van der Waals surface area contributed by atoms with Gasteiger partial charge in [-0.2, -0.15) is 0 Å². The molecular formula is C16H22N2O3. The van der Waals surface area contributed by atoms with Gasteiger partial charge in [0.05, 0.1) is 18.4 Å². The van der Waals surface area contributed by atoms with Gasteiger partial charge >= 0.3 is 0 Å². The molecule has 2 atom stereocenters. The molecule has 5 nitrogen and oxygen atoms in total. The predicted octanol–water partition coefficient (Wildman–Crippen LogP) is 1.64. The summed E-state index contributed by atoms with van der Waals surface area (Å²) in [6.07, 6.45) is 0.620. The van der Waals surface area contributed by atoms with Crippen LogP contribution in [0.4, 0.5) is 5.69 Å². The second-order valence-electron chi connectivity index (χ2n) is 5.60. The van der Waals surface area contributed by atoms with Gasteiger partial charge in [-0.15, -0.1) is 0 Å². The molecule has 0 bridgehead atoms. The van der Waals surface area contributed by atoms with Gasteiger partial charge < -0.3 is 15.4 Å². The normalized spacial score (nSPS) is 20.0. The number of hydrogen-bond acceptors (Lipinski definition) is 3. The van der Waals surface area contributed by atoms with Crippen LogP contribution < -0.4 is 10.6 Å². The van der Waals surface area contributed by atoms with E-state index < -0.39 is 0 Å². The van der Waals surface area contributed by atoms with Crippen molar-refractivity contribution < 1.29 is 14.3 Å². The largest absolute Gasteiger partial charge is 0.383 e. The second-order valence-corrected chi connectivity index (χ2v) is 5.60. The van der Waals surface area contributed by atoms with Gasteiger partial charge in [0.2, 0.25) is 11.8 Å². The van der Waals surface area contributed by atoms with Crippen molar-refractivity contribution in [2.75, 3.05) is 25.6 Å². The van der Waals surface area contributed by atoms with Crippen LogP contribution in [0.5, 0.6) is 0 Å². The van der Waals surface area contributed by atoms with E-state index in [4.69, 9.17) is 4.74 Å². The summed E-state index contributed by atoms with van der Waals surface area (Å²) in [5.41, 5.74) is 3.01. The molecule has 1 aromatic rings. The SMILES string of the molecule is COCCNC(=O)C1CC1C(=O)Nc1cc(C)cc(C)c1. The molecule has 0 aromatic heterocycles. The molecule has 5 heteroatoms. The molecule has 0 aliphatic heterocycles. The van der Waals surface area contributed by atoms with E-state index in [0.29, 0.717) is 19.6 Å². The highest BCUT2D eigenvalue weighted by Gasteiger charge is 2.47. The number of hydrogen-bond donors (Lipinski definition) is 2. The van der Waals surface area contributed by atoms with Crippen molar-refractivity contribution in [3.05, 3.63) is 29.3 Å². The maximum absolute atomic E-state index is 12.1. The van der Waals surface area contributed by atoms with Gasteiger partial charge in [0, 0.05) is 19.3 Å². The lowest BCUT2D eigenvalue weighted by Crippen LogP contribution is -2.30. The van der Waals surface area contributed by atoms with Crippen LogP contribution in [0.1, 0.15) is 17.5 Å². The third-order valence-electron chi connectivity index (χ3n) is 3.56. The number of carbonyl (C=O) groups is 2. The average Bonchev–Trinajstić information content (AvgIpc) is 3.17. The Hall–Kier alpha value is -1.88. The highest BCUT2D eigenvalue weighted by atomic mass is 16.5. The predicted molar refractivity (Wildman–Crippen MR) is 81.0 cm³/mol. The maximum atomic E-state index is 12.1. The first-order valence-corrected chi connectivity index (χ1v) is 7.17. The van der Waals surface area contributed by atoms with E-state index in [9.17, 15) is 9.59 Å². The number of ether oxygens (including phenoxy) is 1. The summed E-state index contributed by atoms with van der Waals surface area (Å²) >= 11 is 0. The minimum absolute atomic E-state index is 0.0624. The van der Waals surface area contributed by atoms with Gasteiger partial charge in [-0.1, -0.05) is 6.07 Å². The van der Waals surface area contributed by atoms with Crippen LogP contribution in [-0.4, -0.2) is 32.1 Å². The lowest BCUT2D eigenvalue weighted by molar-refractivity contribution is -0.125. The van der Waals surface area contributed by atoms with Crippen molar-refractivity contribution in [2.45, 2.75) is 20.3 Å². The van der Waals surface area contributed by atoms with Crippen molar-refractivity contribution in [1.82, 2.24) is 5.32 Å². The molecule has 2 N–H and O–H groups in total. The summed E-state index contributed by atoms with van der Waals surface area (Å²) < 4.78 is 4.87. The van der Waals surface area contributed by atoms with Crippen molar-refractivity contribution in [3.63, 3.8) is 0 Å². The standard InChI is InChI=1S/C16H22N2O3/c1-10-6-11(2)8-12(7-10)18-16(20)14-9-13(14)15(19)17-4-5-21-3/h6-8,13-14H,4-5,9H2,1-3H3,(H,17,19)(H,18,20). The van der Waals surface area contributed by atoms with E-state index in [2.05, 4.69) is 16.7 Å². The molecule has 0 saturated heterocycles. The Bertz CT molecular complexity index is 522. The summed E-state index contributed by atoms with van der Waals surface area (Å²) in [4.78, 5) is 23.9. The van der Waals surface area contributed by atoms with Gasteiger partial charge in [-0.25, -0.2) is 0 Å². The lowest BCUT2D eigenvalue weighted by Gasteiger charge is -2.08. The zero-order valence-corrected chi connectivity index (χ0v) is 12.7. The van der Waals surface area contributed by atoms with Crippen molar-refractivity contribution in [2.24, 2.45) is 11.8 Å². The van der Waals surface area contributed by atoms with Crippen LogP contribution in [0.15, 0.2) is 18.2 Å². The number of benzene rings is 1. The number of nitrogens with one attached hydrogen (secondary N) is 2. The molecule has 114 valence electrons. The van der Waals surface area contributed by atoms with Gasteiger partial charge in [0.15, 0.2) is 0 Å². The first-order chi connectivity index (χ1) is 10.0. The molecule has 1 aliphatic carbocycles. The van der Waals surface area contributed by atoms with Crippen LogP contribution >= 0.6 is 0 Å². The third kappa shape index (κ3) is 4.29. The van der Waals surface area contributed by atoms with Gasteiger partial charge in [0.1, 0.15) is 0 Å². The van der Waals surface area contributed by atoms with Crippen molar-refractivity contribution in [3.8, 4) is 0 Å². The fraction of sp³-hybridized carbons (Fsp3) is 0.500. The molecule has 2 amide bonds. The monoisotopic (exact) mass is 290 g/mol. The highest BCUT2D eigenvalue weighted by Crippen LogP contribution is 2.39. The Morgan fingerprint density at radius 3 is 2.38 bits per heavy atom. The van der Waals surface area contributed by atoms with Crippen LogP contribution in [0.2, 0.25) is 0 Å². The summed E-state index contributed by atoms with van der Waals surface area (Å²) in [6, 6.07) is 5.92.